The molecule has 1 aromatic rings. The molecule has 0 atom stereocenters. The van der Waals surface area contributed by atoms with Gasteiger partial charge in [-0.15, -0.1) is 0 Å². The number of carbonyl (C=O) groups excluding carboxylic acids is 1. The van der Waals surface area contributed by atoms with Gasteiger partial charge in [-0.2, -0.15) is 0 Å². The van der Waals surface area contributed by atoms with E-state index >= 15 is 0 Å². The molecule has 0 spiro atoms. The third-order valence-corrected chi connectivity index (χ3v) is 2.87. The predicted molar refractivity (Wildman–Crippen MR) is 67.5 cm³/mol. The number of aromatic nitrogens is 2. The van der Waals surface area contributed by atoms with E-state index in [0.29, 0.717) is 11.3 Å². The number of benzene rings is 1. The SMILES string of the molecule is COC(=O)c1cnccc2c3ccccc3nc1-2. The third-order valence-electron chi connectivity index (χ3n) is 2.87. The van der Waals surface area contributed by atoms with Gasteiger partial charge in [0.15, 0.2) is 0 Å². The lowest BCUT2D eigenvalue weighted by Gasteiger charge is -1.99. The highest BCUT2D eigenvalue weighted by atomic mass is 16.5. The molecule has 0 bridgehead atoms. The maximum Gasteiger partial charge on any atom is 0.341 e. The van der Waals surface area contributed by atoms with Gasteiger partial charge in [0.05, 0.1) is 18.3 Å². The first-order valence-electron chi connectivity index (χ1n) is 5.52. The summed E-state index contributed by atoms with van der Waals surface area (Å²) >= 11 is 0. The second-order valence-corrected chi connectivity index (χ2v) is 3.89. The lowest BCUT2D eigenvalue weighted by atomic mass is 10.1. The van der Waals surface area contributed by atoms with E-state index in [4.69, 9.17) is 4.74 Å². The van der Waals surface area contributed by atoms with Gasteiger partial charge in [-0.3, -0.25) is 4.98 Å². The van der Waals surface area contributed by atoms with Crippen LogP contribution in [0.15, 0.2) is 42.7 Å². The Morgan fingerprint density at radius 2 is 2.06 bits per heavy atom. The smallest absolute Gasteiger partial charge is 0.341 e. The minimum atomic E-state index is -0.425. The quantitative estimate of drug-likeness (QED) is 0.611. The van der Waals surface area contributed by atoms with E-state index in [0.717, 1.165) is 16.5 Å². The van der Waals surface area contributed by atoms with Gasteiger partial charge in [-0.05, 0) is 12.1 Å². The Bertz CT molecular complexity index is 709. The average Bonchev–Trinajstić information content (AvgIpc) is 2.64. The fourth-order valence-corrected chi connectivity index (χ4v) is 2.04. The Labute approximate surface area is 104 Å². The van der Waals surface area contributed by atoms with Gasteiger partial charge >= 0.3 is 5.97 Å². The highest BCUT2D eigenvalue weighted by Gasteiger charge is 2.19. The van der Waals surface area contributed by atoms with E-state index in [1.165, 1.54) is 13.3 Å². The van der Waals surface area contributed by atoms with Crippen LogP contribution >= 0.6 is 0 Å². The van der Waals surface area contributed by atoms with E-state index in [1.807, 2.05) is 30.3 Å². The first kappa shape index (κ1) is 10.7. The summed E-state index contributed by atoms with van der Waals surface area (Å²) in [7, 11) is 1.35. The maximum atomic E-state index is 11.7. The van der Waals surface area contributed by atoms with Gasteiger partial charge in [0, 0.05) is 23.3 Å². The number of ether oxygens (including phenoxy) is 1. The fraction of sp³-hybridized carbons (Fsp3) is 0.0714. The van der Waals surface area contributed by atoms with Crippen molar-refractivity contribution in [3.05, 3.63) is 48.3 Å². The number of methoxy groups -OCH3 is 1. The van der Waals surface area contributed by atoms with E-state index in [-0.39, 0.29) is 0 Å². The summed E-state index contributed by atoms with van der Waals surface area (Å²) in [5.41, 5.74) is 2.78. The molecule has 0 aromatic heterocycles. The lowest BCUT2D eigenvalue weighted by molar-refractivity contribution is 0.0601. The molecule has 3 rings (SSSR count). The zero-order valence-corrected chi connectivity index (χ0v) is 9.75. The molecule has 2 aliphatic rings. The average molecular weight is 238 g/mol. The summed E-state index contributed by atoms with van der Waals surface area (Å²) in [4.78, 5) is 20.3. The number of hydrogen-bond acceptors (Lipinski definition) is 4. The van der Waals surface area contributed by atoms with E-state index < -0.39 is 5.97 Å². The van der Waals surface area contributed by atoms with Gasteiger partial charge in [-0.25, -0.2) is 9.78 Å². The maximum absolute atomic E-state index is 11.7. The fourth-order valence-electron chi connectivity index (χ4n) is 2.04. The number of para-hydroxylation sites is 1. The first-order chi connectivity index (χ1) is 8.81. The zero-order chi connectivity index (χ0) is 12.5. The molecule has 2 aliphatic heterocycles. The Morgan fingerprint density at radius 3 is 2.89 bits per heavy atom. The Kier molecular flexibility index (Phi) is 2.41. The largest absolute Gasteiger partial charge is 0.465 e. The molecule has 0 saturated carbocycles. The molecule has 1 aromatic carbocycles. The summed E-state index contributed by atoms with van der Waals surface area (Å²) in [6, 6.07) is 9.62. The van der Waals surface area contributed by atoms with Crippen LogP contribution in [0.4, 0.5) is 0 Å². The van der Waals surface area contributed by atoms with Crippen molar-refractivity contribution in [2.45, 2.75) is 0 Å². The van der Waals surface area contributed by atoms with Crippen molar-refractivity contribution < 1.29 is 9.53 Å². The molecule has 2 heterocycles. The second kappa shape index (κ2) is 4.07. The number of esters is 1. The van der Waals surface area contributed by atoms with Gasteiger partial charge in [0.2, 0.25) is 0 Å². The minimum Gasteiger partial charge on any atom is -0.465 e. The monoisotopic (exact) mass is 238 g/mol. The highest BCUT2D eigenvalue weighted by molar-refractivity contribution is 6.04. The van der Waals surface area contributed by atoms with Crippen molar-refractivity contribution >= 4 is 16.9 Å². The second-order valence-electron chi connectivity index (χ2n) is 3.89. The number of carbonyl (C=O) groups is 1. The van der Waals surface area contributed by atoms with Crippen molar-refractivity contribution in [3.8, 4) is 11.3 Å². The Morgan fingerprint density at radius 1 is 1.22 bits per heavy atom. The van der Waals surface area contributed by atoms with Crippen molar-refractivity contribution in [1.29, 1.82) is 0 Å². The summed E-state index contributed by atoms with van der Waals surface area (Å²) in [5, 5.41) is 1.01. The molecule has 0 radical (unpaired) electrons. The van der Waals surface area contributed by atoms with Crippen LogP contribution in [0.2, 0.25) is 0 Å². The van der Waals surface area contributed by atoms with E-state index in [1.54, 1.807) is 6.20 Å². The summed E-state index contributed by atoms with van der Waals surface area (Å²) in [6.07, 6.45) is 3.14. The summed E-state index contributed by atoms with van der Waals surface area (Å²) in [6.45, 7) is 0. The van der Waals surface area contributed by atoms with Crippen LogP contribution in [-0.4, -0.2) is 23.0 Å². The standard InChI is InChI=1S/C14H10N2O2/c1-18-14(17)11-8-15-7-6-10-9-4-2-3-5-12(9)16-13(10)11/h2-8H,1H3. The van der Waals surface area contributed by atoms with Crippen LogP contribution in [0.25, 0.3) is 22.2 Å². The molecule has 0 unspecified atom stereocenters. The molecule has 0 amide bonds. The van der Waals surface area contributed by atoms with Crippen LogP contribution in [0.3, 0.4) is 0 Å². The van der Waals surface area contributed by atoms with Crippen molar-refractivity contribution in [1.82, 2.24) is 9.97 Å². The van der Waals surface area contributed by atoms with Gasteiger partial charge in [0.1, 0.15) is 5.56 Å². The van der Waals surface area contributed by atoms with Crippen LogP contribution in [0.1, 0.15) is 10.4 Å². The van der Waals surface area contributed by atoms with Gasteiger partial charge in [-0.1, -0.05) is 18.2 Å². The lowest BCUT2D eigenvalue weighted by Crippen LogP contribution is -2.02. The van der Waals surface area contributed by atoms with Gasteiger partial charge < -0.3 is 4.74 Å². The van der Waals surface area contributed by atoms with Crippen LogP contribution in [-0.2, 0) is 4.74 Å². The molecule has 18 heavy (non-hydrogen) atoms. The Hall–Kier alpha value is -2.49. The molecular weight excluding hydrogens is 228 g/mol. The summed E-state index contributed by atoms with van der Waals surface area (Å²) < 4.78 is 4.76. The van der Waals surface area contributed by atoms with Crippen molar-refractivity contribution in [2.75, 3.05) is 7.11 Å². The van der Waals surface area contributed by atoms with E-state index in [9.17, 15) is 4.79 Å². The number of fused-ring (bicyclic) bond motifs is 3. The number of nitrogens with zero attached hydrogens (tertiary/aromatic N) is 2. The first-order valence-corrected chi connectivity index (χ1v) is 5.52. The van der Waals surface area contributed by atoms with Crippen molar-refractivity contribution in [3.63, 3.8) is 0 Å². The highest BCUT2D eigenvalue weighted by Crippen LogP contribution is 2.32. The topological polar surface area (TPSA) is 52.1 Å². The molecule has 4 heteroatoms. The molecule has 0 saturated heterocycles. The molecule has 0 aliphatic carbocycles. The molecule has 0 N–H and O–H groups in total. The van der Waals surface area contributed by atoms with Gasteiger partial charge in [0.25, 0.3) is 0 Å². The molecule has 4 nitrogen and oxygen atoms in total. The third kappa shape index (κ3) is 1.50. The van der Waals surface area contributed by atoms with Crippen molar-refractivity contribution in [2.24, 2.45) is 0 Å². The van der Waals surface area contributed by atoms with E-state index in [2.05, 4.69) is 9.97 Å². The molecule has 88 valence electrons. The van der Waals surface area contributed by atoms with Crippen LogP contribution in [0.5, 0.6) is 0 Å². The molecular formula is C14H10N2O2. The zero-order valence-electron chi connectivity index (χ0n) is 9.75. The summed E-state index contributed by atoms with van der Waals surface area (Å²) in [5.74, 6) is -0.425. The minimum absolute atomic E-state index is 0.383. The normalized spacial score (nSPS) is 10.7. The van der Waals surface area contributed by atoms with Crippen LogP contribution in [0, 0.1) is 0 Å². The number of hydrogen-bond donors (Lipinski definition) is 0. The molecule has 0 fully saturated rings. The predicted octanol–water partition coefficient (Wildman–Crippen LogP) is 2.52. The van der Waals surface area contributed by atoms with Crippen LogP contribution < -0.4 is 0 Å². The number of rotatable bonds is 1. The Balaban J connectivity index is 2.39.